The second-order valence-corrected chi connectivity index (χ2v) is 7.22. The third-order valence-electron chi connectivity index (χ3n) is 3.42. The summed E-state index contributed by atoms with van der Waals surface area (Å²) in [6.07, 6.45) is 0. The molecule has 0 unspecified atom stereocenters. The molecule has 1 amide bonds. The number of ether oxygens (including phenoxy) is 1. The number of para-hydroxylation sites is 1. The van der Waals surface area contributed by atoms with Crippen molar-refractivity contribution in [3.05, 3.63) is 59.7 Å². The topological polar surface area (TPSA) is 102 Å². The van der Waals surface area contributed by atoms with Crippen LogP contribution in [-0.2, 0) is 19.6 Å². The lowest BCUT2D eigenvalue weighted by Gasteiger charge is -2.11. The molecular formula is C18H20N2O5S. The Morgan fingerprint density at radius 1 is 1.08 bits per heavy atom. The molecule has 26 heavy (non-hydrogen) atoms. The van der Waals surface area contributed by atoms with E-state index in [1.54, 1.807) is 44.2 Å². The van der Waals surface area contributed by atoms with Gasteiger partial charge in [-0.3, -0.25) is 4.79 Å². The number of carbonyl (C=O) groups excluding carboxylic acids is 2. The van der Waals surface area contributed by atoms with Crippen molar-refractivity contribution in [3.63, 3.8) is 0 Å². The fourth-order valence-electron chi connectivity index (χ4n) is 2.20. The summed E-state index contributed by atoms with van der Waals surface area (Å²) in [6.45, 7) is 3.20. The molecule has 0 saturated carbocycles. The summed E-state index contributed by atoms with van der Waals surface area (Å²) in [6, 6.07) is 12.7. The Morgan fingerprint density at radius 2 is 1.81 bits per heavy atom. The van der Waals surface area contributed by atoms with Gasteiger partial charge < -0.3 is 10.1 Å². The van der Waals surface area contributed by atoms with Crippen LogP contribution < -0.4 is 10.0 Å². The normalized spacial score (nSPS) is 11.0. The zero-order chi connectivity index (χ0) is 19.2. The van der Waals surface area contributed by atoms with E-state index >= 15 is 0 Å². The molecule has 0 aliphatic heterocycles. The molecule has 0 aliphatic carbocycles. The Morgan fingerprint density at radius 3 is 2.50 bits per heavy atom. The molecule has 138 valence electrons. The van der Waals surface area contributed by atoms with E-state index in [1.165, 1.54) is 18.2 Å². The lowest BCUT2D eigenvalue weighted by atomic mass is 10.2. The fraction of sp³-hybridized carbons (Fsp3) is 0.222. The number of benzene rings is 2. The second kappa shape index (κ2) is 8.59. The predicted molar refractivity (Wildman–Crippen MR) is 97.4 cm³/mol. The van der Waals surface area contributed by atoms with E-state index in [9.17, 15) is 18.0 Å². The van der Waals surface area contributed by atoms with E-state index in [0.717, 1.165) is 5.56 Å². The van der Waals surface area contributed by atoms with Gasteiger partial charge in [0.25, 0.3) is 0 Å². The predicted octanol–water partition coefficient (Wildman–Crippen LogP) is 2.09. The number of nitrogens with one attached hydrogen (secondary N) is 2. The summed E-state index contributed by atoms with van der Waals surface area (Å²) < 4.78 is 31.6. The van der Waals surface area contributed by atoms with Gasteiger partial charge in [-0.05, 0) is 43.7 Å². The third kappa shape index (κ3) is 5.14. The number of carbonyl (C=O) groups is 2. The van der Waals surface area contributed by atoms with Crippen molar-refractivity contribution in [2.45, 2.75) is 18.7 Å². The maximum absolute atomic E-state index is 12.2. The lowest BCUT2D eigenvalue weighted by molar-refractivity contribution is -0.115. The van der Waals surface area contributed by atoms with Crippen LogP contribution in [0.1, 0.15) is 22.8 Å². The van der Waals surface area contributed by atoms with Crippen LogP contribution in [-0.4, -0.2) is 33.4 Å². The van der Waals surface area contributed by atoms with E-state index in [2.05, 4.69) is 10.0 Å². The van der Waals surface area contributed by atoms with Gasteiger partial charge in [0.15, 0.2) is 0 Å². The molecule has 0 saturated heterocycles. The molecule has 8 heteroatoms. The molecular weight excluding hydrogens is 356 g/mol. The number of esters is 1. The second-order valence-electron chi connectivity index (χ2n) is 5.46. The first kappa shape index (κ1) is 19.6. The quantitative estimate of drug-likeness (QED) is 0.721. The summed E-state index contributed by atoms with van der Waals surface area (Å²) in [7, 11) is -3.81. The number of hydrogen-bond acceptors (Lipinski definition) is 5. The minimum atomic E-state index is -3.81. The van der Waals surface area contributed by atoms with Crippen molar-refractivity contribution in [1.82, 2.24) is 4.72 Å². The molecule has 0 spiro atoms. The highest BCUT2D eigenvalue weighted by Crippen LogP contribution is 2.16. The van der Waals surface area contributed by atoms with E-state index in [0.29, 0.717) is 0 Å². The summed E-state index contributed by atoms with van der Waals surface area (Å²) in [5.74, 6) is -1.17. The molecule has 2 aromatic rings. The number of hydrogen-bond donors (Lipinski definition) is 2. The minimum Gasteiger partial charge on any atom is -0.462 e. The third-order valence-corrected chi connectivity index (χ3v) is 4.82. The largest absolute Gasteiger partial charge is 0.462 e. The molecule has 0 heterocycles. The van der Waals surface area contributed by atoms with E-state index in [4.69, 9.17) is 4.74 Å². The highest BCUT2D eigenvalue weighted by molar-refractivity contribution is 7.89. The van der Waals surface area contributed by atoms with Crippen molar-refractivity contribution in [1.29, 1.82) is 0 Å². The lowest BCUT2D eigenvalue weighted by Crippen LogP contribution is -2.33. The Hall–Kier alpha value is -2.71. The van der Waals surface area contributed by atoms with Gasteiger partial charge in [-0.25, -0.2) is 17.9 Å². The van der Waals surface area contributed by atoms with Gasteiger partial charge in [-0.2, -0.15) is 0 Å². The fourth-order valence-corrected chi connectivity index (χ4v) is 3.29. The molecule has 2 aromatic carbocycles. The number of amides is 1. The molecule has 0 radical (unpaired) electrons. The Bertz CT molecular complexity index is 909. The van der Waals surface area contributed by atoms with E-state index < -0.39 is 28.4 Å². The number of rotatable bonds is 7. The van der Waals surface area contributed by atoms with Gasteiger partial charge in [0.1, 0.15) is 0 Å². The van der Waals surface area contributed by atoms with Crippen LogP contribution in [0.2, 0.25) is 0 Å². The van der Waals surface area contributed by atoms with Gasteiger partial charge in [0.05, 0.1) is 29.3 Å². The van der Waals surface area contributed by atoms with Crippen molar-refractivity contribution in [2.75, 3.05) is 18.5 Å². The first-order valence-electron chi connectivity index (χ1n) is 7.96. The summed E-state index contributed by atoms with van der Waals surface area (Å²) in [5, 5.41) is 2.52. The molecule has 0 atom stereocenters. The maximum atomic E-state index is 12.2. The van der Waals surface area contributed by atoms with Crippen LogP contribution in [0.4, 0.5) is 5.69 Å². The zero-order valence-corrected chi connectivity index (χ0v) is 15.3. The van der Waals surface area contributed by atoms with Crippen LogP contribution in [0.15, 0.2) is 53.4 Å². The zero-order valence-electron chi connectivity index (χ0n) is 14.5. The molecule has 2 rings (SSSR count). The van der Waals surface area contributed by atoms with Crippen LogP contribution in [0, 0.1) is 6.92 Å². The molecule has 0 aliphatic rings. The van der Waals surface area contributed by atoms with Gasteiger partial charge in [0, 0.05) is 0 Å². The first-order valence-corrected chi connectivity index (χ1v) is 9.44. The van der Waals surface area contributed by atoms with Crippen LogP contribution >= 0.6 is 0 Å². The molecule has 0 fully saturated rings. The minimum absolute atomic E-state index is 0.0808. The SMILES string of the molecule is CCOC(=O)c1ccccc1NC(=O)CNS(=O)(=O)c1cccc(C)c1. The molecule has 7 nitrogen and oxygen atoms in total. The van der Waals surface area contributed by atoms with Gasteiger partial charge in [-0.15, -0.1) is 0 Å². The van der Waals surface area contributed by atoms with Gasteiger partial charge in [0.2, 0.25) is 15.9 Å². The van der Waals surface area contributed by atoms with Gasteiger partial charge in [-0.1, -0.05) is 24.3 Å². The standard InChI is InChI=1S/C18H20N2O5S/c1-3-25-18(22)15-9-4-5-10-16(15)20-17(21)12-19-26(23,24)14-8-6-7-13(2)11-14/h4-11,19H,3,12H2,1-2H3,(H,20,21). The van der Waals surface area contributed by atoms with Gasteiger partial charge >= 0.3 is 5.97 Å². The average molecular weight is 376 g/mol. The molecule has 2 N–H and O–H groups in total. The molecule has 0 aromatic heterocycles. The van der Waals surface area contributed by atoms with Crippen LogP contribution in [0.5, 0.6) is 0 Å². The summed E-state index contributed by atoms with van der Waals surface area (Å²) in [4.78, 5) is 24.1. The van der Waals surface area contributed by atoms with Crippen molar-refractivity contribution in [2.24, 2.45) is 0 Å². The Balaban J connectivity index is 2.05. The monoisotopic (exact) mass is 376 g/mol. The van der Waals surface area contributed by atoms with Crippen LogP contribution in [0.25, 0.3) is 0 Å². The number of sulfonamides is 1. The van der Waals surface area contributed by atoms with Crippen molar-refractivity contribution < 1.29 is 22.7 Å². The van der Waals surface area contributed by atoms with Crippen molar-refractivity contribution in [3.8, 4) is 0 Å². The van der Waals surface area contributed by atoms with E-state index in [-0.39, 0.29) is 22.8 Å². The Labute approximate surface area is 152 Å². The van der Waals surface area contributed by atoms with Crippen molar-refractivity contribution >= 4 is 27.6 Å². The highest BCUT2D eigenvalue weighted by atomic mass is 32.2. The average Bonchev–Trinajstić information content (AvgIpc) is 2.61. The maximum Gasteiger partial charge on any atom is 0.340 e. The summed E-state index contributed by atoms with van der Waals surface area (Å²) in [5.41, 5.74) is 1.25. The smallest absolute Gasteiger partial charge is 0.340 e. The number of aryl methyl sites for hydroxylation is 1. The van der Waals surface area contributed by atoms with E-state index in [1.807, 2.05) is 0 Å². The van der Waals surface area contributed by atoms with Crippen LogP contribution in [0.3, 0.4) is 0 Å². The molecule has 0 bridgehead atoms. The first-order chi connectivity index (χ1) is 12.3. The summed E-state index contributed by atoms with van der Waals surface area (Å²) >= 11 is 0. The Kier molecular flexibility index (Phi) is 6.48. The number of anilines is 1. The highest BCUT2D eigenvalue weighted by Gasteiger charge is 2.17.